The van der Waals surface area contributed by atoms with Crippen LogP contribution in [0.3, 0.4) is 0 Å². The third kappa shape index (κ3) is 3.88. The molecule has 138 valence electrons. The van der Waals surface area contributed by atoms with Gasteiger partial charge in [-0.05, 0) is 44.3 Å². The minimum Gasteiger partial charge on any atom is -0.337 e. The number of likely N-dealkylation sites (tertiary alicyclic amines) is 1. The topological polar surface area (TPSA) is 36.4 Å². The number of alkyl halides is 3. The van der Waals surface area contributed by atoms with Crippen LogP contribution in [0.5, 0.6) is 0 Å². The van der Waals surface area contributed by atoms with Crippen molar-refractivity contribution in [2.45, 2.75) is 18.6 Å². The number of carbonyl (C=O) groups is 1. The highest BCUT2D eigenvalue weighted by Gasteiger charge is 2.32. The molecule has 0 radical (unpaired) electrons. The molecule has 0 saturated carbocycles. The summed E-state index contributed by atoms with van der Waals surface area (Å²) in [5.74, 6) is -0.0890. The van der Waals surface area contributed by atoms with Crippen LogP contribution in [0.25, 0.3) is 11.3 Å². The number of amides is 1. The van der Waals surface area contributed by atoms with Crippen LogP contribution in [0.2, 0.25) is 0 Å². The average Bonchev–Trinajstić information content (AvgIpc) is 3.06. The van der Waals surface area contributed by atoms with Crippen LogP contribution < -0.4 is 0 Å². The molecule has 0 bridgehead atoms. The predicted octanol–water partition coefficient (Wildman–Crippen LogP) is 3.54. The first-order valence-corrected chi connectivity index (χ1v) is 8.36. The molecule has 2 heterocycles. The number of hydrogen-bond donors (Lipinski definition) is 0. The molecular weight excluding hydrogens is 343 g/mol. The number of rotatable bonds is 3. The van der Waals surface area contributed by atoms with Crippen molar-refractivity contribution in [3.8, 4) is 11.3 Å². The molecule has 4 nitrogen and oxygen atoms in total. The van der Waals surface area contributed by atoms with Gasteiger partial charge < -0.3 is 9.80 Å². The van der Waals surface area contributed by atoms with Crippen molar-refractivity contribution in [3.05, 3.63) is 53.7 Å². The van der Waals surface area contributed by atoms with E-state index in [-0.39, 0.29) is 17.6 Å². The highest BCUT2D eigenvalue weighted by atomic mass is 19.4. The van der Waals surface area contributed by atoms with Gasteiger partial charge in [0.05, 0.1) is 5.69 Å². The van der Waals surface area contributed by atoms with Crippen molar-refractivity contribution in [2.75, 3.05) is 27.2 Å². The van der Waals surface area contributed by atoms with Gasteiger partial charge in [-0.3, -0.25) is 4.79 Å². The van der Waals surface area contributed by atoms with Gasteiger partial charge in [0.1, 0.15) is 5.69 Å². The van der Waals surface area contributed by atoms with E-state index in [0.29, 0.717) is 11.1 Å². The number of nitrogens with zero attached hydrogens (tertiary/aromatic N) is 3. The maximum atomic E-state index is 12.8. The largest absolute Gasteiger partial charge is 0.433 e. The van der Waals surface area contributed by atoms with E-state index in [2.05, 4.69) is 9.88 Å². The molecule has 1 aromatic carbocycles. The van der Waals surface area contributed by atoms with Crippen LogP contribution in [0, 0.1) is 0 Å². The summed E-state index contributed by atoms with van der Waals surface area (Å²) in [6.45, 7) is 1.80. The summed E-state index contributed by atoms with van der Waals surface area (Å²) in [5, 5.41) is 0. The van der Waals surface area contributed by atoms with Gasteiger partial charge in [0.25, 0.3) is 5.91 Å². The molecule has 1 saturated heterocycles. The molecule has 2 aromatic rings. The lowest BCUT2D eigenvalue weighted by Crippen LogP contribution is -2.38. The fourth-order valence-electron chi connectivity index (χ4n) is 3.13. The Bertz CT molecular complexity index is 789. The second kappa shape index (κ2) is 7.07. The molecule has 0 N–H and O–H groups in total. The normalized spacial score (nSPS) is 18.1. The first-order chi connectivity index (χ1) is 12.3. The number of halogens is 3. The second-order valence-electron chi connectivity index (χ2n) is 6.60. The third-order valence-corrected chi connectivity index (χ3v) is 4.70. The first kappa shape index (κ1) is 18.4. The molecule has 3 rings (SSSR count). The monoisotopic (exact) mass is 363 g/mol. The van der Waals surface area contributed by atoms with Gasteiger partial charge in [-0.1, -0.05) is 18.2 Å². The Morgan fingerprint density at radius 1 is 1.19 bits per heavy atom. The van der Waals surface area contributed by atoms with Gasteiger partial charge >= 0.3 is 6.18 Å². The zero-order chi connectivity index (χ0) is 18.9. The summed E-state index contributed by atoms with van der Waals surface area (Å²) in [6.07, 6.45) is -3.55. The van der Waals surface area contributed by atoms with Crippen LogP contribution in [-0.2, 0) is 6.18 Å². The van der Waals surface area contributed by atoms with Crippen LogP contribution in [0.1, 0.15) is 22.5 Å². The number of aromatic nitrogens is 1. The quantitative estimate of drug-likeness (QED) is 0.837. The minimum atomic E-state index is -4.48. The Morgan fingerprint density at radius 2 is 1.88 bits per heavy atom. The molecule has 1 aliphatic rings. The van der Waals surface area contributed by atoms with E-state index in [1.807, 2.05) is 7.05 Å². The van der Waals surface area contributed by atoms with E-state index < -0.39 is 11.9 Å². The first-order valence-electron chi connectivity index (χ1n) is 8.36. The van der Waals surface area contributed by atoms with E-state index in [0.717, 1.165) is 25.6 Å². The molecule has 0 unspecified atom stereocenters. The van der Waals surface area contributed by atoms with Crippen molar-refractivity contribution in [1.29, 1.82) is 0 Å². The molecule has 7 heteroatoms. The van der Waals surface area contributed by atoms with Crippen molar-refractivity contribution in [2.24, 2.45) is 0 Å². The standard InChI is InChI=1S/C19H20F3N3O/c1-24-11-10-15(12-24)25(2)18(26)14-8-6-13(7-9-14)16-4-3-5-17(23-16)19(20,21)22/h3-9,15H,10-12H2,1-2H3/t15-/m1/s1. The summed E-state index contributed by atoms with van der Waals surface area (Å²) in [4.78, 5) is 20.2. The zero-order valence-corrected chi connectivity index (χ0v) is 14.6. The highest BCUT2D eigenvalue weighted by Crippen LogP contribution is 2.29. The van der Waals surface area contributed by atoms with E-state index in [1.54, 1.807) is 36.2 Å². The number of pyridine rings is 1. The van der Waals surface area contributed by atoms with E-state index in [4.69, 9.17) is 0 Å². The molecule has 0 spiro atoms. The lowest BCUT2D eigenvalue weighted by Gasteiger charge is -2.24. The number of hydrogen-bond acceptors (Lipinski definition) is 3. The maximum absolute atomic E-state index is 12.8. The Balaban J connectivity index is 1.77. The molecular formula is C19H20F3N3O. The summed E-state index contributed by atoms with van der Waals surface area (Å²) in [6, 6.07) is 10.5. The molecule has 26 heavy (non-hydrogen) atoms. The average molecular weight is 363 g/mol. The lowest BCUT2D eigenvalue weighted by molar-refractivity contribution is -0.141. The highest BCUT2D eigenvalue weighted by molar-refractivity contribution is 5.94. The Labute approximate surface area is 150 Å². The van der Waals surface area contributed by atoms with E-state index in [1.165, 1.54) is 12.1 Å². The molecule has 0 aliphatic carbocycles. The van der Waals surface area contributed by atoms with Gasteiger partial charge in [0, 0.05) is 30.8 Å². The summed E-state index contributed by atoms with van der Waals surface area (Å²) in [7, 11) is 3.81. The van der Waals surface area contributed by atoms with Crippen LogP contribution in [0.15, 0.2) is 42.5 Å². The zero-order valence-electron chi connectivity index (χ0n) is 14.6. The van der Waals surface area contributed by atoms with Crippen molar-refractivity contribution >= 4 is 5.91 Å². The van der Waals surface area contributed by atoms with Gasteiger partial charge in [-0.15, -0.1) is 0 Å². The summed E-state index contributed by atoms with van der Waals surface area (Å²) >= 11 is 0. The summed E-state index contributed by atoms with van der Waals surface area (Å²) < 4.78 is 38.4. The summed E-state index contributed by atoms with van der Waals surface area (Å²) in [5.41, 5.74) is 0.346. The van der Waals surface area contributed by atoms with Crippen molar-refractivity contribution < 1.29 is 18.0 Å². The smallest absolute Gasteiger partial charge is 0.337 e. The Hall–Kier alpha value is -2.41. The predicted molar refractivity (Wildman–Crippen MR) is 92.7 cm³/mol. The minimum absolute atomic E-state index is 0.0890. The lowest BCUT2D eigenvalue weighted by atomic mass is 10.1. The second-order valence-corrected chi connectivity index (χ2v) is 6.60. The van der Waals surface area contributed by atoms with Crippen LogP contribution in [0.4, 0.5) is 13.2 Å². The Kier molecular flexibility index (Phi) is 5.00. The fraction of sp³-hybridized carbons (Fsp3) is 0.368. The Morgan fingerprint density at radius 3 is 2.46 bits per heavy atom. The number of carbonyl (C=O) groups excluding carboxylic acids is 1. The van der Waals surface area contributed by atoms with Crippen molar-refractivity contribution in [1.82, 2.24) is 14.8 Å². The van der Waals surface area contributed by atoms with Gasteiger partial charge in [0.15, 0.2) is 0 Å². The number of benzene rings is 1. The molecule has 1 aliphatic heterocycles. The number of likely N-dealkylation sites (N-methyl/N-ethyl adjacent to an activating group) is 2. The van der Waals surface area contributed by atoms with E-state index in [9.17, 15) is 18.0 Å². The molecule has 1 amide bonds. The fourth-order valence-corrected chi connectivity index (χ4v) is 3.13. The molecule has 1 aromatic heterocycles. The van der Waals surface area contributed by atoms with Crippen LogP contribution >= 0.6 is 0 Å². The van der Waals surface area contributed by atoms with Crippen molar-refractivity contribution in [3.63, 3.8) is 0 Å². The van der Waals surface area contributed by atoms with Gasteiger partial charge in [0.2, 0.25) is 0 Å². The molecule has 1 fully saturated rings. The third-order valence-electron chi connectivity index (χ3n) is 4.70. The molecule has 1 atom stereocenters. The van der Waals surface area contributed by atoms with Gasteiger partial charge in [-0.25, -0.2) is 4.98 Å². The van der Waals surface area contributed by atoms with Crippen LogP contribution in [-0.4, -0.2) is 53.9 Å². The SMILES string of the molecule is CN1CC[C@@H](N(C)C(=O)c2ccc(-c3cccc(C(F)(F)F)n3)cc2)C1. The van der Waals surface area contributed by atoms with Gasteiger partial charge in [-0.2, -0.15) is 13.2 Å². The maximum Gasteiger partial charge on any atom is 0.433 e. The van der Waals surface area contributed by atoms with E-state index >= 15 is 0 Å².